The summed E-state index contributed by atoms with van der Waals surface area (Å²) in [5.41, 5.74) is 0. The highest BCUT2D eigenvalue weighted by Gasteiger charge is 2.17. The number of rotatable bonds is 6. The van der Waals surface area contributed by atoms with Gasteiger partial charge in [-0.25, -0.2) is 0 Å². The molecule has 1 aliphatic carbocycles. The van der Waals surface area contributed by atoms with Crippen molar-refractivity contribution in [2.75, 3.05) is 6.54 Å². The molecule has 0 aromatic heterocycles. The molecule has 1 aliphatic rings. The standard InChI is InChI=1S/C14H21NO2S/c1-2-11-15-18(16)14-9-7-13(8-10-14)17-12-5-3-4-6-12/h7-10,12,15H,2-6,11H2,1H3. The first kappa shape index (κ1) is 13.7. The van der Waals surface area contributed by atoms with E-state index in [0.717, 1.165) is 36.5 Å². The topological polar surface area (TPSA) is 44.3 Å². The van der Waals surface area contributed by atoms with Gasteiger partial charge in [0, 0.05) is 6.54 Å². The molecule has 0 aliphatic heterocycles. The van der Waals surface area contributed by atoms with Crippen molar-refractivity contribution < 1.29 is 9.29 Å². The normalized spacial score (nSPS) is 17.9. The summed E-state index contributed by atoms with van der Waals surface area (Å²) in [5.74, 6) is 0.887. The van der Waals surface area contributed by atoms with Gasteiger partial charge in [0.05, 0.1) is 17.5 Å². The molecule has 1 fully saturated rings. The average Bonchev–Trinajstić information content (AvgIpc) is 2.89. The second kappa shape index (κ2) is 7.02. The molecule has 1 unspecified atom stereocenters. The number of hydrogen-bond acceptors (Lipinski definition) is 3. The molecule has 1 N–H and O–H groups in total. The lowest BCUT2D eigenvalue weighted by atomic mass is 10.3. The van der Waals surface area contributed by atoms with Crippen molar-refractivity contribution >= 4 is 11.4 Å². The average molecular weight is 267 g/mol. The fourth-order valence-electron chi connectivity index (χ4n) is 2.12. The van der Waals surface area contributed by atoms with Crippen LogP contribution in [0.25, 0.3) is 0 Å². The monoisotopic (exact) mass is 267 g/mol. The van der Waals surface area contributed by atoms with Crippen molar-refractivity contribution in [1.29, 1.82) is 0 Å². The van der Waals surface area contributed by atoms with E-state index in [4.69, 9.17) is 4.74 Å². The minimum absolute atomic E-state index is 0.375. The molecule has 1 saturated carbocycles. The second-order valence-corrected chi connectivity index (χ2v) is 5.96. The van der Waals surface area contributed by atoms with Crippen LogP contribution >= 0.6 is 0 Å². The molecule has 1 atom stereocenters. The van der Waals surface area contributed by atoms with Crippen molar-refractivity contribution in [3.8, 4) is 5.75 Å². The Labute approximate surface area is 112 Å². The predicted molar refractivity (Wildman–Crippen MR) is 74.0 cm³/mol. The Morgan fingerprint density at radius 1 is 1.28 bits per heavy atom. The molecule has 100 valence electrons. The number of ether oxygens (including phenoxy) is 1. The Bertz CT molecular complexity index is 349. The highest BCUT2D eigenvalue weighted by atomic mass is 32.2. The number of nitrogens with one attached hydrogen (secondary N) is 1. The van der Waals surface area contributed by atoms with Crippen molar-refractivity contribution in [2.24, 2.45) is 0 Å². The highest BCUT2D eigenvalue weighted by Crippen LogP contribution is 2.24. The van der Waals surface area contributed by atoms with Crippen LogP contribution in [0.15, 0.2) is 29.2 Å². The van der Waals surface area contributed by atoms with E-state index in [2.05, 4.69) is 11.6 Å². The third-order valence-corrected chi connectivity index (χ3v) is 4.29. The molecule has 18 heavy (non-hydrogen) atoms. The van der Waals surface area contributed by atoms with E-state index in [9.17, 15) is 4.55 Å². The van der Waals surface area contributed by atoms with E-state index in [1.807, 2.05) is 24.3 Å². The van der Waals surface area contributed by atoms with Gasteiger partial charge in [-0.15, -0.1) is 4.72 Å². The van der Waals surface area contributed by atoms with Crippen LogP contribution in [0.4, 0.5) is 0 Å². The fourth-order valence-corrected chi connectivity index (χ4v) is 3.06. The number of benzene rings is 1. The van der Waals surface area contributed by atoms with Crippen LogP contribution in [0.1, 0.15) is 39.0 Å². The van der Waals surface area contributed by atoms with Gasteiger partial charge >= 0.3 is 0 Å². The minimum Gasteiger partial charge on any atom is -0.593 e. The maximum Gasteiger partial charge on any atom is 0.174 e. The summed E-state index contributed by atoms with van der Waals surface area (Å²) in [4.78, 5) is 0.808. The highest BCUT2D eigenvalue weighted by molar-refractivity contribution is 7.89. The molecule has 2 rings (SSSR count). The molecular formula is C14H21NO2S. The molecule has 1 aromatic carbocycles. The van der Waals surface area contributed by atoms with E-state index < -0.39 is 11.4 Å². The predicted octanol–water partition coefficient (Wildman–Crippen LogP) is 3.03. The minimum atomic E-state index is -1.10. The van der Waals surface area contributed by atoms with Gasteiger partial charge in [0.2, 0.25) is 0 Å². The zero-order valence-electron chi connectivity index (χ0n) is 10.9. The van der Waals surface area contributed by atoms with Gasteiger partial charge in [0.1, 0.15) is 5.75 Å². The molecule has 4 heteroatoms. The first-order valence-electron chi connectivity index (χ1n) is 6.71. The molecular weight excluding hydrogens is 246 g/mol. The van der Waals surface area contributed by atoms with Gasteiger partial charge < -0.3 is 9.29 Å². The molecule has 0 heterocycles. The quantitative estimate of drug-likeness (QED) is 0.806. The Hall–Kier alpha value is -0.710. The van der Waals surface area contributed by atoms with Gasteiger partial charge in [0.15, 0.2) is 4.90 Å². The zero-order chi connectivity index (χ0) is 12.8. The largest absolute Gasteiger partial charge is 0.593 e. The van der Waals surface area contributed by atoms with E-state index in [1.54, 1.807) is 0 Å². The van der Waals surface area contributed by atoms with Crippen LogP contribution in [0.5, 0.6) is 5.75 Å². The lowest BCUT2D eigenvalue weighted by Crippen LogP contribution is -2.24. The van der Waals surface area contributed by atoms with Crippen molar-refractivity contribution in [3.63, 3.8) is 0 Å². The van der Waals surface area contributed by atoms with Crippen LogP contribution in [0, 0.1) is 0 Å². The SMILES string of the molecule is CCCN[S+]([O-])c1ccc(OC2CCCC2)cc1. The molecule has 0 saturated heterocycles. The molecule has 0 amide bonds. The third kappa shape index (κ3) is 3.90. The smallest absolute Gasteiger partial charge is 0.174 e. The van der Waals surface area contributed by atoms with Crippen molar-refractivity contribution in [1.82, 2.24) is 4.72 Å². The maximum absolute atomic E-state index is 11.8. The Morgan fingerprint density at radius 3 is 2.56 bits per heavy atom. The van der Waals surface area contributed by atoms with Crippen LogP contribution in [0.3, 0.4) is 0 Å². The summed E-state index contributed by atoms with van der Waals surface area (Å²) in [7, 11) is 0. The Balaban J connectivity index is 1.88. The third-order valence-electron chi connectivity index (χ3n) is 3.13. The lowest BCUT2D eigenvalue weighted by Gasteiger charge is -2.14. The van der Waals surface area contributed by atoms with E-state index in [0.29, 0.717) is 6.10 Å². The second-order valence-electron chi connectivity index (χ2n) is 4.66. The molecule has 0 radical (unpaired) electrons. The first-order valence-corrected chi connectivity index (χ1v) is 7.86. The first-order chi connectivity index (χ1) is 8.79. The molecule has 0 bridgehead atoms. The summed E-state index contributed by atoms with van der Waals surface area (Å²) in [6.07, 6.45) is 6.22. The van der Waals surface area contributed by atoms with Crippen LogP contribution in [-0.2, 0) is 11.4 Å². The van der Waals surface area contributed by atoms with E-state index >= 15 is 0 Å². The summed E-state index contributed by atoms with van der Waals surface area (Å²) in [6, 6.07) is 7.59. The van der Waals surface area contributed by atoms with Crippen LogP contribution in [0.2, 0.25) is 0 Å². The van der Waals surface area contributed by atoms with Gasteiger partial charge in [-0.1, -0.05) is 6.92 Å². The lowest BCUT2D eigenvalue weighted by molar-refractivity contribution is 0.210. The summed E-state index contributed by atoms with van der Waals surface area (Å²) >= 11 is -1.10. The Kier molecular flexibility index (Phi) is 5.35. The van der Waals surface area contributed by atoms with Crippen LogP contribution in [-0.4, -0.2) is 17.2 Å². The van der Waals surface area contributed by atoms with Gasteiger partial charge in [-0.05, 0) is 56.4 Å². The van der Waals surface area contributed by atoms with Crippen LogP contribution < -0.4 is 9.46 Å². The molecule has 1 aromatic rings. The van der Waals surface area contributed by atoms with Crippen molar-refractivity contribution in [3.05, 3.63) is 24.3 Å². The van der Waals surface area contributed by atoms with Gasteiger partial charge in [-0.3, -0.25) is 0 Å². The zero-order valence-corrected chi connectivity index (χ0v) is 11.7. The molecule has 0 spiro atoms. The summed E-state index contributed by atoms with van der Waals surface area (Å²) in [5, 5.41) is 0. The maximum atomic E-state index is 11.8. The molecule has 3 nitrogen and oxygen atoms in total. The Morgan fingerprint density at radius 2 is 1.94 bits per heavy atom. The van der Waals surface area contributed by atoms with E-state index in [1.165, 1.54) is 12.8 Å². The van der Waals surface area contributed by atoms with Crippen molar-refractivity contribution in [2.45, 2.75) is 50.0 Å². The summed E-state index contributed by atoms with van der Waals surface area (Å²) < 4.78 is 20.7. The van der Waals surface area contributed by atoms with E-state index in [-0.39, 0.29) is 0 Å². The van der Waals surface area contributed by atoms with Gasteiger partial charge in [-0.2, -0.15) is 0 Å². The van der Waals surface area contributed by atoms with Gasteiger partial charge in [0.25, 0.3) is 0 Å². The fraction of sp³-hybridized carbons (Fsp3) is 0.571. The number of hydrogen-bond donors (Lipinski definition) is 1. The summed E-state index contributed by atoms with van der Waals surface area (Å²) in [6.45, 7) is 2.83.